The van der Waals surface area contributed by atoms with Crippen molar-refractivity contribution in [2.45, 2.75) is 0 Å². The van der Waals surface area contributed by atoms with Gasteiger partial charge in [0.15, 0.2) is 0 Å². The topological polar surface area (TPSA) is 37.3 Å². The average Bonchev–Trinajstić information content (AvgIpc) is 2.03. The molecule has 3 heteroatoms. The standard InChI is InChI=1S/C9H8O2.Nd/c10-9(11)7-6-8-4-2-1-3-5-8;/h1-7H,(H,10,11);/b7-6+;. The Morgan fingerprint density at radius 1 is 1.25 bits per heavy atom. The van der Waals surface area contributed by atoms with Crippen molar-refractivity contribution in [3.8, 4) is 0 Å². The molecule has 0 aliphatic rings. The molecule has 0 fully saturated rings. The predicted molar refractivity (Wildman–Crippen MR) is 43.1 cm³/mol. The molecule has 60 valence electrons. The molecular formula is C9H8NdO2. The van der Waals surface area contributed by atoms with E-state index in [4.69, 9.17) is 5.11 Å². The molecule has 12 heavy (non-hydrogen) atoms. The fourth-order valence-corrected chi connectivity index (χ4v) is 0.732. The number of rotatable bonds is 2. The number of hydrogen-bond acceptors (Lipinski definition) is 1. The maximum absolute atomic E-state index is 10.1. The zero-order valence-corrected chi connectivity index (χ0v) is 9.61. The molecule has 1 aromatic carbocycles. The largest absolute Gasteiger partial charge is 0.478 e. The van der Waals surface area contributed by atoms with Crippen LogP contribution in [-0.2, 0) is 4.79 Å². The SMILES string of the molecule is O=C(O)/C=C/c1ccccc1.[Nd]. The van der Waals surface area contributed by atoms with Crippen molar-refractivity contribution in [1.29, 1.82) is 0 Å². The molecule has 0 aliphatic heterocycles. The van der Waals surface area contributed by atoms with Crippen molar-refractivity contribution < 1.29 is 50.7 Å². The summed E-state index contributed by atoms with van der Waals surface area (Å²) in [6, 6.07) is 9.31. The van der Waals surface area contributed by atoms with Crippen LogP contribution in [0.3, 0.4) is 0 Å². The third-order valence-electron chi connectivity index (χ3n) is 1.22. The van der Waals surface area contributed by atoms with Crippen LogP contribution in [0.1, 0.15) is 5.56 Å². The van der Waals surface area contributed by atoms with Crippen molar-refractivity contribution in [2.75, 3.05) is 0 Å². The summed E-state index contributed by atoms with van der Waals surface area (Å²) in [5, 5.41) is 8.29. The molecular weight excluding hydrogens is 284 g/mol. The maximum Gasteiger partial charge on any atom is 0.328 e. The van der Waals surface area contributed by atoms with Crippen LogP contribution in [0.5, 0.6) is 0 Å². The number of benzene rings is 1. The zero-order valence-electron chi connectivity index (χ0n) is 6.40. The van der Waals surface area contributed by atoms with Crippen LogP contribution < -0.4 is 0 Å². The van der Waals surface area contributed by atoms with Gasteiger partial charge in [-0.1, -0.05) is 30.3 Å². The Balaban J connectivity index is 0.00000121. The van der Waals surface area contributed by atoms with Gasteiger partial charge in [-0.15, -0.1) is 0 Å². The van der Waals surface area contributed by atoms with Gasteiger partial charge in [0.1, 0.15) is 0 Å². The van der Waals surface area contributed by atoms with E-state index < -0.39 is 5.97 Å². The molecule has 2 nitrogen and oxygen atoms in total. The van der Waals surface area contributed by atoms with Crippen LogP contribution in [-0.4, -0.2) is 11.1 Å². The number of carboxylic acids is 1. The fraction of sp³-hybridized carbons (Fsp3) is 0. The molecule has 0 bridgehead atoms. The van der Waals surface area contributed by atoms with E-state index in [1.165, 1.54) is 0 Å². The van der Waals surface area contributed by atoms with Crippen molar-refractivity contribution in [3.05, 3.63) is 42.0 Å². The van der Waals surface area contributed by atoms with E-state index in [0.717, 1.165) is 11.6 Å². The minimum Gasteiger partial charge on any atom is -0.478 e. The fourth-order valence-electron chi connectivity index (χ4n) is 0.732. The first kappa shape index (κ1) is 11.8. The van der Waals surface area contributed by atoms with E-state index in [-0.39, 0.29) is 40.8 Å². The van der Waals surface area contributed by atoms with Gasteiger partial charge in [-0.2, -0.15) is 0 Å². The molecule has 0 heterocycles. The molecule has 0 aliphatic carbocycles. The number of aliphatic carboxylic acids is 1. The van der Waals surface area contributed by atoms with Gasteiger partial charge in [0.05, 0.1) is 0 Å². The normalized spacial score (nSPS) is 9.33. The smallest absolute Gasteiger partial charge is 0.328 e. The van der Waals surface area contributed by atoms with E-state index in [2.05, 4.69) is 0 Å². The Morgan fingerprint density at radius 2 is 1.83 bits per heavy atom. The third-order valence-corrected chi connectivity index (χ3v) is 1.22. The minimum atomic E-state index is -0.922. The first-order valence-electron chi connectivity index (χ1n) is 3.25. The van der Waals surface area contributed by atoms with Crippen LogP contribution >= 0.6 is 0 Å². The van der Waals surface area contributed by atoms with Crippen LogP contribution in [0.2, 0.25) is 0 Å². The summed E-state index contributed by atoms with van der Waals surface area (Å²) in [6.07, 6.45) is 2.68. The van der Waals surface area contributed by atoms with E-state index in [9.17, 15) is 4.79 Å². The van der Waals surface area contributed by atoms with Gasteiger partial charge in [0.2, 0.25) is 0 Å². The van der Waals surface area contributed by atoms with Gasteiger partial charge in [0, 0.05) is 46.9 Å². The molecule has 0 radical (unpaired) electrons. The van der Waals surface area contributed by atoms with Crippen molar-refractivity contribution >= 4 is 12.0 Å². The summed E-state index contributed by atoms with van der Waals surface area (Å²) in [5.41, 5.74) is 0.898. The first-order valence-corrected chi connectivity index (χ1v) is 3.25. The molecule has 0 amide bonds. The Morgan fingerprint density at radius 3 is 2.33 bits per heavy atom. The monoisotopic (exact) mass is 290 g/mol. The Hall–Kier alpha value is -0.219. The van der Waals surface area contributed by atoms with Gasteiger partial charge in [-0.3, -0.25) is 0 Å². The Bertz CT molecular complexity index is 267. The summed E-state index contributed by atoms with van der Waals surface area (Å²) in [5.74, 6) is -0.922. The second kappa shape index (κ2) is 6.31. The summed E-state index contributed by atoms with van der Waals surface area (Å²) in [6.45, 7) is 0. The number of carboxylic acid groups (broad SMARTS) is 1. The summed E-state index contributed by atoms with van der Waals surface area (Å²) in [7, 11) is 0. The number of hydrogen-bond donors (Lipinski definition) is 1. The molecule has 1 aromatic rings. The van der Waals surface area contributed by atoms with E-state index >= 15 is 0 Å². The predicted octanol–water partition coefficient (Wildman–Crippen LogP) is 1.78. The average molecular weight is 292 g/mol. The molecule has 0 saturated carbocycles. The van der Waals surface area contributed by atoms with Crippen molar-refractivity contribution in [3.63, 3.8) is 0 Å². The Labute approximate surface area is 104 Å². The molecule has 1 rings (SSSR count). The summed E-state index contributed by atoms with van der Waals surface area (Å²) < 4.78 is 0. The summed E-state index contributed by atoms with van der Waals surface area (Å²) >= 11 is 0. The maximum atomic E-state index is 10.1. The molecule has 0 unspecified atom stereocenters. The van der Waals surface area contributed by atoms with Crippen molar-refractivity contribution in [1.82, 2.24) is 0 Å². The third kappa shape index (κ3) is 4.62. The zero-order chi connectivity index (χ0) is 8.10. The molecule has 0 atom stereocenters. The molecule has 1 N–H and O–H groups in total. The van der Waals surface area contributed by atoms with E-state index in [1.54, 1.807) is 6.08 Å². The number of carbonyl (C=O) groups is 1. The van der Waals surface area contributed by atoms with Crippen molar-refractivity contribution in [2.24, 2.45) is 0 Å². The van der Waals surface area contributed by atoms with Gasteiger partial charge < -0.3 is 5.11 Å². The van der Waals surface area contributed by atoms with Gasteiger partial charge >= 0.3 is 5.97 Å². The van der Waals surface area contributed by atoms with Crippen LogP contribution in [0, 0.1) is 40.8 Å². The minimum absolute atomic E-state index is 0. The van der Waals surface area contributed by atoms with Crippen LogP contribution in [0.15, 0.2) is 36.4 Å². The van der Waals surface area contributed by atoms with E-state index in [1.807, 2.05) is 30.3 Å². The second-order valence-electron chi connectivity index (χ2n) is 2.08. The van der Waals surface area contributed by atoms with Gasteiger partial charge in [-0.05, 0) is 11.6 Å². The first-order chi connectivity index (χ1) is 5.29. The van der Waals surface area contributed by atoms with Gasteiger partial charge in [-0.25, -0.2) is 4.79 Å². The van der Waals surface area contributed by atoms with Crippen LogP contribution in [0.4, 0.5) is 0 Å². The molecule has 0 spiro atoms. The molecule has 0 aromatic heterocycles. The molecule has 0 saturated heterocycles. The van der Waals surface area contributed by atoms with E-state index in [0.29, 0.717) is 0 Å². The quantitative estimate of drug-likeness (QED) is 0.844. The van der Waals surface area contributed by atoms with Gasteiger partial charge in [0.25, 0.3) is 0 Å². The summed E-state index contributed by atoms with van der Waals surface area (Å²) in [4.78, 5) is 10.1. The second-order valence-corrected chi connectivity index (χ2v) is 2.08. The Kier molecular flexibility index (Phi) is 6.20. The van der Waals surface area contributed by atoms with Crippen LogP contribution in [0.25, 0.3) is 6.08 Å².